The average Bonchev–Trinajstić information content (AvgIpc) is 2.42. The molecule has 2 N–H and O–H groups in total. The van der Waals surface area contributed by atoms with Crippen LogP contribution < -0.4 is 10.6 Å². The summed E-state index contributed by atoms with van der Waals surface area (Å²) in [6, 6.07) is 6.98. The third kappa shape index (κ3) is 3.43. The lowest BCUT2D eigenvalue weighted by Gasteiger charge is -2.24. The van der Waals surface area contributed by atoms with Crippen LogP contribution in [0.2, 0.25) is 5.02 Å². The summed E-state index contributed by atoms with van der Waals surface area (Å²) in [5.41, 5.74) is 6.14. The lowest BCUT2D eigenvalue weighted by molar-refractivity contribution is 0.615. The summed E-state index contributed by atoms with van der Waals surface area (Å²) in [4.78, 5) is 5.67. The van der Waals surface area contributed by atoms with Crippen molar-refractivity contribution in [3.63, 3.8) is 0 Å². The molecule has 6 heteroatoms. The fourth-order valence-electron chi connectivity index (χ4n) is 1.83. The number of benzene rings is 1. The molecule has 0 amide bonds. The zero-order chi connectivity index (χ0) is 14.5. The van der Waals surface area contributed by atoms with Gasteiger partial charge in [-0.1, -0.05) is 11.6 Å². The molecule has 3 nitrogen and oxygen atoms in total. The number of rotatable bonds is 5. The molecule has 1 aromatic carbocycles. The Hall–Kier alpha value is -1.72. The lowest BCUT2D eigenvalue weighted by atomic mass is 10.2. The Morgan fingerprint density at radius 1 is 1.20 bits per heavy atom. The van der Waals surface area contributed by atoms with Gasteiger partial charge in [-0.3, -0.25) is 0 Å². The van der Waals surface area contributed by atoms with E-state index >= 15 is 0 Å². The van der Waals surface area contributed by atoms with E-state index < -0.39 is 5.82 Å². The maximum absolute atomic E-state index is 14.0. The molecule has 0 radical (unpaired) electrons. The minimum absolute atomic E-state index is 0.148. The van der Waals surface area contributed by atoms with Gasteiger partial charge in [0.2, 0.25) is 0 Å². The van der Waals surface area contributed by atoms with Gasteiger partial charge in [0.25, 0.3) is 0 Å². The van der Waals surface area contributed by atoms with Crippen LogP contribution in [0.3, 0.4) is 0 Å². The van der Waals surface area contributed by atoms with Crippen LogP contribution in [0.1, 0.15) is 6.42 Å². The van der Waals surface area contributed by atoms with Gasteiger partial charge in [0.05, 0.1) is 5.02 Å². The van der Waals surface area contributed by atoms with Crippen LogP contribution in [0.25, 0.3) is 0 Å². The Bertz CT molecular complexity index is 575. The first kappa shape index (κ1) is 14.7. The zero-order valence-electron chi connectivity index (χ0n) is 10.7. The number of pyridine rings is 1. The standard InChI is InChI=1S/C14H14ClF2N3/c15-10-8-13(17)14(19-9-10)20(7-1-6-18)12-4-2-11(16)3-5-12/h2-5,8-9H,1,6-7,18H2. The van der Waals surface area contributed by atoms with E-state index in [1.807, 2.05) is 0 Å². The highest BCUT2D eigenvalue weighted by Crippen LogP contribution is 2.27. The smallest absolute Gasteiger partial charge is 0.169 e. The topological polar surface area (TPSA) is 42.1 Å². The number of aromatic nitrogens is 1. The number of hydrogen-bond donors (Lipinski definition) is 1. The largest absolute Gasteiger partial charge is 0.330 e. The Balaban J connectivity index is 2.38. The Labute approximate surface area is 121 Å². The van der Waals surface area contributed by atoms with E-state index in [1.165, 1.54) is 24.4 Å². The molecular formula is C14H14ClF2N3. The van der Waals surface area contributed by atoms with Crippen molar-refractivity contribution < 1.29 is 8.78 Å². The summed E-state index contributed by atoms with van der Waals surface area (Å²) < 4.78 is 27.0. The van der Waals surface area contributed by atoms with Crippen molar-refractivity contribution in [2.24, 2.45) is 5.73 Å². The molecule has 0 fully saturated rings. The second kappa shape index (κ2) is 6.63. The summed E-state index contributed by atoms with van der Waals surface area (Å²) in [5.74, 6) is -0.731. The van der Waals surface area contributed by atoms with Crippen molar-refractivity contribution in [2.75, 3.05) is 18.0 Å². The van der Waals surface area contributed by atoms with Gasteiger partial charge in [0, 0.05) is 18.4 Å². The second-order valence-corrected chi connectivity index (χ2v) is 4.67. The van der Waals surface area contributed by atoms with E-state index in [-0.39, 0.29) is 16.7 Å². The molecule has 0 aliphatic heterocycles. The van der Waals surface area contributed by atoms with Crippen molar-refractivity contribution in [2.45, 2.75) is 6.42 Å². The fourth-order valence-corrected chi connectivity index (χ4v) is 1.98. The van der Waals surface area contributed by atoms with Crippen molar-refractivity contribution in [3.8, 4) is 0 Å². The minimum atomic E-state index is -0.529. The van der Waals surface area contributed by atoms with Gasteiger partial charge < -0.3 is 10.6 Å². The zero-order valence-corrected chi connectivity index (χ0v) is 11.4. The first-order valence-corrected chi connectivity index (χ1v) is 6.54. The van der Waals surface area contributed by atoms with Crippen LogP contribution in [0.15, 0.2) is 36.5 Å². The predicted molar refractivity (Wildman–Crippen MR) is 76.3 cm³/mol. The van der Waals surface area contributed by atoms with Gasteiger partial charge in [0.1, 0.15) is 5.82 Å². The summed E-state index contributed by atoms with van der Waals surface area (Å²) in [6.07, 6.45) is 2.03. The van der Waals surface area contributed by atoms with Gasteiger partial charge in [0.15, 0.2) is 11.6 Å². The number of hydrogen-bond acceptors (Lipinski definition) is 3. The molecule has 106 valence electrons. The van der Waals surface area contributed by atoms with E-state index in [4.69, 9.17) is 17.3 Å². The highest BCUT2D eigenvalue weighted by Gasteiger charge is 2.15. The highest BCUT2D eigenvalue weighted by atomic mass is 35.5. The van der Waals surface area contributed by atoms with E-state index in [1.54, 1.807) is 17.0 Å². The summed E-state index contributed by atoms with van der Waals surface area (Å²) in [6.45, 7) is 0.945. The first-order valence-electron chi connectivity index (χ1n) is 6.16. The number of anilines is 2. The van der Waals surface area contributed by atoms with Crippen molar-refractivity contribution in [1.82, 2.24) is 4.98 Å². The third-order valence-electron chi connectivity index (χ3n) is 2.77. The van der Waals surface area contributed by atoms with Crippen LogP contribution in [0, 0.1) is 11.6 Å². The van der Waals surface area contributed by atoms with Gasteiger partial charge in [-0.15, -0.1) is 0 Å². The Kier molecular flexibility index (Phi) is 4.87. The Morgan fingerprint density at radius 2 is 1.90 bits per heavy atom. The van der Waals surface area contributed by atoms with Gasteiger partial charge in [-0.2, -0.15) is 0 Å². The molecule has 2 aromatic rings. The lowest BCUT2D eigenvalue weighted by Crippen LogP contribution is -2.23. The van der Waals surface area contributed by atoms with Crippen LogP contribution in [-0.2, 0) is 0 Å². The van der Waals surface area contributed by atoms with Gasteiger partial charge in [-0.05, 0) is 43.3 Å². The fraction of sp³-hybridized carbons (Fsp3) is 0.214. The van der Waals surface area contributed by atoms with Gasteiger partial charge in [-0.25, -0.2) is 13.8 Å². The molecule has 0 aliphatic rings. The monoisotopic (exact) mass is 297 g/mol. The van der Waals surface area contributed by atoms with Crippen LogP contribution in [0.4, 0.5) is 20.3 Å². The molecule has 20 heavy (non-hydrogen) atoms. The van der Waals surface area contributed by atoms with Crippen LogP contribution in [0.5, 0.6) is 0 Å². The highest BCUT2D eigenvalue weighted by molar-refractivity contribution is 6.30. The minimum Gasteiger partial charge on any atom is -0.330 e. The summed E-state index contributed by atoms with van der Waals surface area (Å²) in [5, 5.41) is 0.226. The first-order chi connectivity index (χ1) is 9.61. The van der Waals surface area contributed by atoms with Crippen molar-refractivity contribution in [1.29, 1.82) is 0 Å². The number of nitrogens with zero attached hydrogens (tertiary/aromatic N) is 2. The molecule has 2 rings (SSSR count). The number of nitrogens with two attached hydrogens (primary N) is 1. The quantitative estimate of drug-likeness (QED) is 0.918. The van der Waals surface area contributed by atoms with E-state index in [0.29, 0.717) is 25.2 Å². The maximum atomic E-state index is 14.0. The average molecular weight is 298 g/mol. The molecular weight excluding hydrogens is 284 g/mol. The van der Waals surface area contributed by atoms with E-state index in [2.05, 4.69) is 4.98 Å². The van der Waals surface area contributed by atoms with Crippen LogP contribution in [-0.4, -0.2) is 18.1 Å². The summed E-state index contributed by atoms with van der Waals surface area (Å²) >= 11 is 5.70. The molecule has 0 aliphatic carbocycles. The van der Waals surface area contributed by atoms with Gasteiger partial charge >= 0.3 is 0 Å². The summed E-state index contributed by atoms with van der Waals surface area (Å²) in [7, 11) is 0. The molecule has 1 heterocycles. The SMILES string of the molecule is NCCCN(c1ccc(F)cc1)c1ncc(Cl)cc1F. The maximum Gasteiger partial charge on any atom is 0.169 e. The van der Waals surface area contributed by atoms with Crippen molar-refractivity contribution in [3.05, 3.63) is 53.2 Å². The van der Waals surface area contributed by atoms with Crippen molar-refractivity contribution >= 4 is 23.1 Å². The van der Waals surface area contributed by atoms with E-state index in [9.17, 15) is 8.78 Å². The molecule has 1 aromatic heterocycles. The molecule has 0 unspecified atom stereocenters. The predicted octanol–water partition coefficient (Wildman–Crippen LogP) is 3.50. The van der Waals surface area contributed by atoms with E-state index in [0.717, 1.165) is 0 Å². The molecule has 0 saturated heterocycles. The molecule has 0 saturated carbocycles. The Morgan fingerprint density at radius 3 is 2.50 bits per heavy atom. The number of halogens is 3. The second-order valence-electron chi connectivity index (χ2n) is 4.23. The third-order valence-corrected chi connectivity index (χ3v) is 2.97. The molecule has 0 spiro atoms. The molecule has 0 bridgehead atoms. The van der Waals surface area contributed by atoms with Crippen LogP contribution >= 0.6 is 11.6 Å². The molecule has 0 atom stereocenters. The normalized spacial score (nSPS) is 10.6.